The third-order valence-electron chi connectivity index (χ3n) is 2.97. The standard InChI is InChI=1S/C19H17NO3/c1-2-23-18(21)14-20-19(22)17-12-10-16(11-13-17)9-8-15-6-4-3-5-7-15/h3-7,10-13H,2,14H2,1H3,(H,20,22). The summed E-state index contributed by atoms with van der Waals surface area (Å²) in [5.41, 5.74) is 2.22. The highest BCUT2D eigenvalue weighted by atomic mass is 16.5. The average Bonchev–Trinajstić information content (AvgIpc) is 2.59. The molecule has 0 saturated heterocycles. The van der Waals surface area contributed by atoms with Crippen molar-refractivity contribution >= 4 is 11.9 Å². The van der Waals surface area contributed by atoms with Crippen molar-refractivity contribution in [1.29, 1.82) is 0 Å². The lowest BCUT2D eigenvalue weighted by molar-refractivity contribution is -0.141. The molecule has 0 unspecified atom stereocenters. The molecular formula is C19H17NO3. The normalized spacial score (nSPS) is 9.43. The van der Waals surface area contributed by atoms with Crippen LogP contribution in [0.3, 0.4) is 0 Å². The van der Waals surface area contributed by atoms with Crippen molar-refractivity contribution in [2.24, 2.45) is 0 Å². The maximum atomic E-state index is 11.9. The Morgan fingerprint density at radius 2 is 1.57 bits per heavy atom. The molecule has 0 radical (unpaired) electrons. The van der Waals surface area contributed by atoms with Crippen molar-refractivity contribution in [3.8, 4) is 11.8 Å². The molecule has 4 heteroatoms. The van der Waals surface area contributed by atoms with E-state index in [0.717, 1.165) is 11.1 Å². The Balaban J connectivity index is 1.95. The van der Waals surface area contributed by atoms with Gasteiger partial charge in [-0.1, -0.05) is 30.0 Å². The van der Waals surface area contributed by atoms with Crippen LogP contribution in [0.15, 0.2) is 54.6 Å². The molecule has 0 fully saturated rings. The van der Waals surface area contributed by atoms with Gasteiger partial charge in [-0.25, -0.2) is 0 Å². The highest BCUT2D eigenvalue weighted by molar-refractivity contribution is 5.96. The minimum absolute atomic E-state index is 0.137. The van der Waals surface area contributed by atoms with Gasteiger partial charge in [-0.15, -0.1) is 0 Å². The minimum atomic E-state index is -0.453. The van der Waals surface area contributed by atoms with E-state index in [0.29, 0.717) is 12.2 Å². The van der Waals surface area contributed by atoms with Crippen LogP contribution in [0.25, 0.3) is 0 Å². The molecule has 1 amide bonds. The lowest BCUT2D eigenvalue weighted by Gasteiger charge is -2.04. The minimum Gasteiger partial charge on any atom is -0.465 e. The van der Waals surface area contributed by atoms with Gasteiger partial charge in [0, 0.05) is 16.7 Å². The summed E-state index contributed by atoms with van der Waals surface area (Å²) < 4.78 is 4.75. The van der Waals surface area contributed by atoms with Crippen molar-refractivity contribution in [1.82, 2.24) is 5.32 Å². The highest BCUT2D eigenvalue weighted by Crippen LogP contribution is 2.04. The van der Waals surface area contributed by atoms with Crippen LogP contribution in [0.4, 0.5) is 0 Å². The van der Waals surface area contributed by atoms with E-state index >= 15 is 0 Å². The fourth-order valence-electron chi connectivity index (χ4n) is 1.84. The number of nitrogens with one attached hydrogen (secondary N) is 1. The number of ether oxygens (including phenoxy) is 1. The van der Waals surface area contributed by atoms with E-state index in [-0.39, 0.29) is 12.5 Å². The third kappa shape index (κ3) is 5.33. The zero-order valence-corrected chi connectivity index (χ0v) is 12.8. The number of carbonyl (C=O) groups excluding carboxylic acids is 2. The number of esters is 1. The van der Waals surface area contributed by atoms with Crippen LogP contribution in [0.5, 0.6) is 0 Å². The monoisotopic (exact) mass is 307 g/mol. The molecule has 2 aromatic rings. The summed E-state index contributed by atoms with van der Waals surface area (Å²) in [6, 6.07) is 16.6. The van der Waals surface area contributed by atoms with Gasteiger partial charge >= 0.3 is 5.97 Å². The summed E-state index contributed by atoms with van der Waals surface area (Å²) in [4.78, 5) is 23.1. The van der Waals surface area contributed by atoms with E-state index in [2.05, 4.69) is 17.2 Å². The van der Waals surface area contributed by atoms with Crippen molar-refractivity contribution in [3.63, 3.8) is 0 Å². The van der Waals surface area contributed by atoms with Crippen molar-refractivity contribution < 1.29 is 14.3 Å². The largest absolute Gasteiger partial charge is 0.465 e. The molecule has 2 aromatic carbocycles. The second-order valence-corrected chi connectivity index (χ2v) is 4.68. The van der Waals surface area contributed by atoms with E-state index < -0.39 is 5.97 Å². The number of carbonyl (C=O) groups is 2. The zero-order chi connectivity index (χ0) is 16.5. The van der Waals surface area contributed by atoms with Crippen molar-refractivity contribution in [3.05, 3.63) is 71.3 Å². The number of benzene rings is 2. The lowest BCUT2D eigenvalue weighted by Crippen LogP contribution is -2.30. The Bertz CT molecular complexity index is 725. The van der Waals surface area contributed by atoms with Crippen LogP contribution >= 0.6 is 0 Å². The molecule has 0 spiro atoms. The van der Waals surface area contributed by atoms with E-state index in [1.165, 1.54) is 0 Å². The topological polar surface area (TPSA) is 55.4 Å². The number of rotatable bonds is 4. The molecule has 0 aliphatic rings. The van der Waals surface area contributed by atoms with Gasteiger partial charge in [0.25, 0.3) is 5.91 Å². The summed E-state index contributed by atoms with van der Waals surface area (Å²) in [6.45, 7) is 1.88. The second-order valence-electron chi connectivity index (χ2n) is 4.68. The van der Waals surface area contributed by atoms with Crippen LogP contribution < -0.4 is 5.32 Å². The highest BCUT2D eigenvalue weighted by Gasteiger charge is 2.07. The van der Waals surface area contributed by atoms with Gasteiger partial charge in [-0.3, -0.25) is 9.59 Å². The van der Waals surface area contributed by atoms with Crippen LogP contribution in [0.2, 0.25) is 0 Å². The molecule has 0 saturated carbocycles. The Morgan fingerprint density at radius 3 is 2.17 bits per heavy atom. The first-order valence-corrected chi connectivity index (χ1v) is 7.30. The molecule has 23 heavy (non-hydrogen) atoms. The molecule has 116 valence electrons. The SMILES string of the molecule is CCOC(=O)CNC(=O)c1ccc(C#Cc2ccccc2)cc1. The Hall–Kier alpha value is -3.06. The summed E-state index contributed by atoms with van der Waals surface area (Å²) in [7, 11) is 0. The predicted molar refractivity (Wildman–Crippen MR) is 87.8 cm³/mol. The third-order valence-corrected chi connectivity index (χ3v) is 2.97. The van der Waals surface area contributed by atoms with E-state index in [1.807, 2.05) is 30.3 Å². The summed E-state index contributed by atoms with van der Waals surface area (Å²) in [6.07, 6.45) is 0. The summed E-state index contributed by atoms with van der Waals surface area (Å²) in [5.74, 6) is 5.32. The van der Waals surface area contributed by atoms with Crippen LogP contribution in [-0.2, 0) is 9.53 Å². The smallest absolute Gasteiger partial charge is 0.325 e. The van der Waals surface area contributed by atoms with E-state index in [9.17, 15) is 9.59 Å². The van der Waals surface area contributed by atoms with Crippen molar-refractivity contribution in [2.45, 2.75) is 6.92 Å². The van der Waals surface area contributed by atoms with Crippen LogP contribution in [0.1, 0.15) is 28.4 Å². The first kappa shape index (κ1) is 16.3. The fraction of sp³-hybridized carbons (Fsp3) is 0.158. The first-order chi connectivity index (χ1) is 11.2. The van der Waals surface area contributed by atoms with Gasteiger partial charge < -0.3 is 10.1 Å². The van der Waals surface area contributed by atoms with Gasteiger partial charge in [0.1, 0.15) is 6.54 Å². The molecule has 4 nitrogen and oxygen atoms in total. The van der Waals surface area contributed by atoms with E-state index in [4.69, 9.17) is 4.74 Å². The quantitative estimate of drug-likeness (QED) is 0.697. The predicted octanol–water partition coefficient (Wildman–Crippen LogP) is 2.38. The van der Waals surface area contributed by atoms with Gasteiger partial charge in [-0.05, 0) is 43.3 Å². The maximum absolute atomic E-state index is 11.9. The fourth-order valence-corrected chi connectivity index (χ4v) is 1.84. The molecule has 0 aliphatic heterocycles. The van der Waals surface area contributed by atoms with Gasteiger partial charge in [0.2, 0.25) is 0 Å². The maximum Gasteiger partial charge on any atom is 0.325 e. The molecular weight excluding hydrogens is 290 g/mol. The van der Waals surface area contributed by atoms with Gasteiger partial charge in [0.05, 0.1) is 6.61 Å². The first-order valence-electron chi connectivity index (χ1n) is 7.30. The van der Waals surface area contributed by atoms with Crippen LogP contribution in [0, 0.1) is 11.8 Å². The summed E-state index contributed by atoms with van der Waals surface area (Å²) in [5, 5.41) is 2.51. The number of hydrogen-bond acceptors (Lipinski definition) is 3. The molecule has 0 atom stereocenters. The van der Waals surface area contributed by atoms with E-state index in [1.54, 1.807) is 31.2 Å². The van der Waals surface area contributed by atoms with Crippen molar-refractivity contribution in [2.75, 3.05) is 13.2 Å². The Labute approximate surface area is 135 Å². The molecule has 0 aromatic heterocycles. The molecule has 1 N–H and O–H groups in total. The lowest BCUT2D eigenvalue weighted by atomic mass is 10.1. The Kier molecular flexibility index (Phi) is 5.96. The number of amides is 1. The molecule has 2 rings (SSSR count). The molecule has 0 bridgehead atoms. The number of hydrogen-bond donors (Lipinski definition) is 1. The second kappa shape index (κ2) is 8.40. The van der Waals surface area contributed by atoms with Gasteiger partial charge in [0.15, 0.2) is 0 Å². The van der Waals surface area contributed by atoms with Crippen LogP contribution in [-0.4, -0.2) is 25.0 Å². The zero-order valence-electron chi connectivity index (χ0n) is 12.8. The average molecular weight is 307 g/mol. The molecule has 0 aliphatic carbocycles. The summed E-state index contributed by atoms with van der Waals surface area (Å²) >= 11 is 0. The Morgan fingerprint density at radius 1 is 0.957 bits per heavy atom. The molecule has 0 heterocycles. The van der Waals surface area contributed by atoms with Gasteiger partial charge in [-0.2, -0.15) is 0 Å².